The molecule has 1 rings (SSSR count). The first-order valence-corrected chi connectivity index (χ1v) is 5.62. The van der Waals surface area contributed by atoms with E-state index in [4.69, 9.17) is 4.74 Å². The van der Waals surface area contributed by atoms with Crippen molar-refractivity contribution in [1.82, 2.24) is 10.6 Å². The summed E-state index contributed by atoms with van der Waals surface area (Å²) >= 11 is 0. The van der Waals surface area contributed by atoms with Crippen LogP contribution in [0.1, 0.15) is 13.3 Å². The monoisotopic (exact) mass is 240 g/mol. The minimum Gasteiger partial charge on any atom is -0.492 e. The van der Waals surface area contributed by atoms with E-state index in [1.807, 2.05) is 6.92 Å². The average Bonchev–Trinajstić information content (AvgIpc) is 2.32. The minimum absolute atomic E-state index is 0.213. The molecule has 17 heavy (non-hydrogen) atoms. The summed E-state index contributed by atoms with van der Waals surface area (Å²) in [7, 11) is 0. The van der Waals surface area contributed by atoms with Crippen molar-refractivity contribution in [2.45, 2.75) is 13.3 Å². The molecule has 4 nitrogen and oxygen atoms in total. The van der Waals surface area contributed by atoms with Crippen LogP contribution in [0.3, 0.4) is 0 Å². The van der Waals surface area contributed by atoms with E-state index in [1.54, 1.807) is 12.1 Å². The Balaban J connectivity index is 2.14. The molecule has 0 atom stereocenters. The van der Waals surface area contributed by atoms with E-state index >= 15 is 0 Å². The molecule has 0 unspecified atom stereocenters. The maximum absolute atomic E-state index is 12.8. The number of carbonyl (C=O) groups is 1. The molecule has 0 spiro atoms. The molecule has 2 amide bonds. The van der Waals surface area contributed by atoms with Crippen molar-refractivity contribution in [3.63, 3.8) is 0 Å². The maximum atomic E-state index is 12.8. The van der Waals surface area contributed by atoms with Gasteiger partial charge in [0.15, 0.2) is 0 Å². The Bertz CT molecular complexity index is 358. The van der Waals surface area contributed by atoms with E-state index in [2.05, 4.69) is 10.6 Å². The smallest absolute Gasteiger partial charge is 0.314 e. The van der Waals surface area contributed by atoms with Crippen LogP contribution in [0.5, 0.6) is 5.75 Å². The zero-order valence-electron chi connectivity index (χ0n) is 9.83. The number of hydrogen-bond donors (Lipinski definition) is 2. The third-order valence-corrected chi connectivity index (χ3v) is 1.99. The molecule has 0 fully saturated rings. The van der Waals surface area contributed by atoms with Crippen molar-refractivity contribution in [3.8, 4) is 5.75 Å². The van der Waals surface area contributed by atoms with Gasteiger partial charge in [-0.2, -0.15) is 0 Å². The minimum atomic E-state index is -0.337. The van der Waals surface area contributed by atoms with Crippen LogP contribution in [0.2, 0.25) is 0 Å². The van der Waals surface area contributed by atoms with E-state index < -0.39 is 0 Å². The third kappa shape index (κ3) is 5.75. The molecular weight excluding hydrogens is 223 g/mol. The van der Waals surface area contributed by atoms with Crippen LogP contribution >= 0.6 is 0 Å². The molecule has 0 saturated heterocycles. The first-order valence-electron chi connectivity index (χ1n) is 5.62. The lowest BCUT2D eigenvalue weighted by atomic mass is 10.3. The van der Waals surface area contributed by atoms with Gasteiger partial charge in [-0.05, 0) is 18.6 Å². The van der Waals surface area contributed by atoms with E-state index in [9.17, 15) is 9.18 Å². The second kappa shape index (κ2) is 7.49. The Morgan fingerprint density at radius 3 is 2.82 bits per heavy atom. The molecule has 0 aliphatic rings. The van der Waals surface area contributed by atoms with Gasteiger partial charge in [-0.3, -0.25) is 0 Å². The number of nitrogens with one attached hydrogen (secondary N) is 2. The lowest BCUT2D eigenvalue weighted by molar-refractivity contribution is 0.236. The molecule has 5 heteroatoms. The Kier molecular flexibility index (Phi) is 5.85. The van der Waals surface area contributed by atoms with Crippen LogP contribution in [0.4, 0.5) is 9.18 Å². The number of urea groups is 1. The Labute approximate surface area is 100 Å². The van der Waals surface area contributed by atoms with Crippen molar-refractivity contribution in [2.75, 3.05) is 19.7 Å². The van der Waals surface area contributed by atoms with E-state index in [-0.39, 0.29) is 11.8 Å². The van der Waals surface area contributed by atoms with Gasteiger partial charge in [-0.25, -0.2) is 9.18 Å². The highest BCUT2D eigenvalue weighted by atomic mass is 19.1. The van der Waals surface area contributed by atoms with Crippen molar-refractivity contribution in [2.24, 2.45) is 0 Å². The van der Waals surface area contributed by atoms with Crippen LogP contribution in [-0.4, -0.2) is 25.7 Å². The fraction of sp³-hybridized carbons (Fsp3) is 0.417. The Morgan fingerprint density at radius 2 is 2.12 bits per heavy atom. The predicted molar refractivity (Wildman–Crippen MR) is 63.6 cm³/mol. The number of carbonyl (C=O) groups excluding carboxylic acids is 1. The van der Waals surface area contributed by atoms with Gasteiger partial charge in [0.05, 0.1) is 6.54 Å². The fourth-order valence-electron chi connectivity index (χ4n) is 1.19. The molecule has 0 radical (unpaired) electrons. The van der Waals surface area contributed by atoms with Crippen molar-refractivity contribution in [3.05, 3.63) is 30.1 Å². The largest absolute Gasteiger partial charge is 0.492 e. The van der Waals surface area contributed by atoms with E-state index in [0.717, 1.165) is 6.42 Å². The summed E-state index contributed by atoms with van der Waals surface area (Å²) in [5.74, 6) is 0.122. The SMILES string of the molecule is CCCNC(=O)NCCOc1cccc(F)c1. The highest BCUT2D eigenvalue weighted by Crippen LogP contribution is 2.11. The number of benzene rings is 1. The van der Waals surface area contributed by atoms with Gasteiger partial charge < -0.3 is 15.4 Å². The number of hydrogen-bond acceptors (Lipinski definition) is 2. The molecule has 0 aliphatic heterocycles. The highest BCUT2D eigenvalue weighted by Gasteiger charge is 1.98. The zero-order valence-corrected chi connectivity index (χ0v) is 9.83. The van der Waals surface area contributed by atoms with Crippen LogP contribution in [0.25, 0.3) is 0 Å². The van der Waals surface area contributed by atoms with Crippen LogP contribution in [0, 0.1) is 5.82 Å². The van der Waals surface area contributed by atoms with Gasteiger partial charge in [-0.15, -0.1) is 0 Å². The Hall–Kier alpha value is -1.78. The molecule has 1 aromatic rings. The maximum Gasteiger partial charge on any atom is 0.314 e. The lowest BCUT2D eigenvalue weighted by Crippen LogP contribution is -2.37. The molecule has 0 aromatic heterocycles. The number of halogens is 1. The van der Waals surface area contributed by atoms with E-state index in [1.165, 1.54) is 12.1 Å². The summed E-state index contributed by atoms with van der Waals surface area (Å²) in [6.07, 6.45) is 0.896. The third-order valence-electron chi connectivity index (χ3n) is 1.99. The molecule has 0 saturated carbocycles. The van der Waals surface area contributed by atoms with Gasteiger partial charge in [0.25, 0.3) is 0 Å². The van der Waals surface area contributed by atoms with Crippen molar-refractivity contribution >= 4 is 6.03 Å². The molecule has 1 aromatic carbocycles. The molecular formula is C12H17FN2O2. The second-order valence-electron chi connectivity index (χ2n) is 3.49. The van der Waals surface area contributed by atoms with Crippen LogP contribution in [0.15, 0.2) is 24.3 Å². The van der Waals surface area contributed by atoms with E-state index in [0.29, 0.717) is 25.4 Å². The number of amides is 2. The molecule has 2 N–H and O–H groups in total. The van der Waals surface area contributed by atoms with Crippen LogP contribution < -0.4 is 15.4 Å². The quantitative estimate of drug-likeness (QED) is 0.746. The summed E-state index contributed by atoms with van der Waals surface area (Å²) in [4.78, 5) is 11.1. The van der Waals surface area contributed by atoms with Crippen molar-refractivity contribution in [1.29, 1.82) is 0 Å². The normalized spacial score (nSPS) is 9.76. The zero-order chi connectivity index (χ0) is 12.5. The summed E-state index contributed by atoms with van der Waals surface area (Å²) in [5, 5.41) is 5.31. The van der Waals surface area contributed by atoms with Gasteiger partial charge in [0.2, 0.25) is 0 Å². The summed E-state index contributed by atoms with van der Waals surface area (Å²) in [6, 6.07) is 5.68. The first-order chi connectivity index (χ1) is 8.22. The predicted octanol–water partition coefficient (Wildman–Crippen LogP) is 1.91. The van der Waals surface area contributed by atoms with Gasteiger partial charge in [0.1, 0.15) is 18.2 Å². The summed E-state index contributed by atoms with van der Waals surface area (Å²) in [6.45, 7) is 3.32. The molecule has 94 valence electrons. The molecule has 0 aliphatic carbocycles. The molecule has 0 heterocycles. The first kappa shape index (κ1) is 13.3. The van der Waals surface area contributed by atoms with Gasteiger partial charge in [0, 0.05) is 12.6 Å². The fourth-order valence-corrected chi connectivity index (χ4v) is 1.19. The van der Waals surface area contributed by atoms with Crippen LogP contribution in [-0.2, 0) is 0 Å². The number of rotatable bonds is 6. The molecule has 0 bridgehead atoms. The highest BCUT2D eigenvalue weighted by molar-refractivity contribution is 5.73. The lowest BCUT2D eigenvalue weighted by Gasteiger charge is -2.08. The second-order valence-corrected chi connectivity index (χ2v) is 3.49. The Morgan fingerprint density at radius 1 is 1.35 bits per heavy atom. The van der Waals surface area contributed by atoms with Crippen molar-refractivity contribution < 1.29 is 13.9 Å². The topological polar surface area (TPSA) is 50.4 Å². The van der Waals surface area contributed by atoms with Gasteiger partial charge in [-0.1, -0.05) is 13.0 Å². The number of ether oxygens (including phenoxy) is 1. The standard InChI is InChI=1S/C12H17FN2O2/c1-2-6-14-12(16)15-7-8-17-11-5-3-4-10(13)9-11/h3-5,9H,2,6-8H2,1H3,(H2,14,15,16). The average molecular weight is 240 g/mol. The summed E-state index contributed by atoms with van der Waals surface area (Å²) < 4.78 is 18.0. The van der Waals surface area contributed by atoms with Gasteiger partial charge >= 0.3 is 6.03 Å². The summed E-state index contributed by atoms with van der Waals surface area (Å²) in [5.41, 5.74) is 0.